The molecule has 1 aliphatic heterocycles. The van der Waals surface area contributed by atoms with E-state index in [-0.39, 0.29) is 12.5 Å². The third kappa shape index (κ3) is 3.97. The summed E-state index contributed by atoms with van der Waals surface area (Å²) in [7, 11) is 0. The number of nitrogens with one attached hydrogen (secondary N) is 1. The van der Waals surface area contributed by atoms with Gasteiger partial charge in [-0.3, -0.25) is 15.1 Å². The molecule has 0 aromatic carbocycles. The first-order valence-electron chi connectivity index (χ1n) is 6.51. The van der Waals surface area contributed by atoms with Gasteiger partial charge in [0.2, 0.25) is 0 Å². The van der Waals surface area contributed by atoms with Crippen molar-refractivity contribution in [1.29, 1.82) is 0 Å². The molecule has 1 unspecified atom stereocenters. The highest BCUT2D eigenvalue weighted by Gasteiger charge is 2.20. The molecule has 0 radical (unpaired) electrons. The number of thiazole rings is 1. The molecule has 0 spiro atoms. The third-order valence-electron chi connectivity index (χ3n) is 3.40. The van der Waals surface area contributed by atoms with E-state index in [9.17, 15) is 4.79 Å². The number of hydrogen-bond acceptors (Lipinski definition) is 6. The minimum atomic E-state index is -0.340. The number of amides is 1. The van der Waals surface area contributed by atoms with Gasteiger partial charge < -0.3 is 5.11 Å². The number of aliphatic hydroxyl groups excluding tert-OH is 1. The molecule has 1 fully saturated rings. The Bertz CT molecular complexity index is 422. The summed E-state index contributed by atoms with van der Waals surface area (Å²) < 4.78 is 0. The lowest BCUT2D eigenvalue weighted by Gasteiger charge is -2.31. The van der Waals surface area contributed by atoms with Gasteiger partial charge >= 0.3 is 0 Å². The molecular weight excluding hydrogens is 264 g/mol. The number of aromatic nitrogens is 1. The maximum atomic E-state index is 11.3. The number of aliphatic hydroxyl groups is 1. The zero-order valence-electron chi connectivity index (χ0n) is 10.8. The van der Waals surface area contributed by atoms with Crippen LogP contribution in [0.15, 0.2) is 5.38 Å². The van der Waals surface area contributed by atoms with E-state index in [0.717, 1.165) is 38.2 Å². The van der Waals surface area contributed by atoms with Crippen molar-refractivity contribution in [2.75, 3.05) is 19.7 Å². The summed E-state index contributed by atoms with van der Waals surface area (Å²) in [6, 6.07) is 0. The second-order valence-electron chi connectivity index (χ2n) is 4.87. The summed E-state index contributed by atoms with van der Waals surface area (Å²) in [4.78, 5) is 17.9. The molecule has 0 bridgehead atoms. The molecule has 0 aliphatic carbocycles. The van der Waals surface area contributed by atoms with E-state index in [4.69, 9.17) is 10.9 Å². The van der Waals surface area contributed by atoms with Crippen molar-refractivity contribution in [2.24, 2.45) is 11.8 Å². The van der Waals surface area contributed by atoms with Crippen LogP contribution in [0.5, 0.6) is 0 Å². The van der Waals surface area contributed by atoms with E-state index in [2.05, 4.69) is 15.3 Å². The first-order chi connectivity index (χ1) is 9.22. The van der Waals surface area contributed by atoms with E-state index >= 15 is 0 Å². The Morgan fingerprint density at radius 2 is 2.53 bits per heavy atom. The molecule has 1 aromatic rings. The summed E-state index contributed by atoms with van der Waals surface area (Å²) in [5.74, 6) is 5.32. The number of carbonyl (C=O) groups is 1. The average molecular weight is 284 g/mol. The van der Waals surface area contributed by atoms with Crippen molar-refractivity contribution in [1.82, 2.24) is 15.3 Å². The van der Waals surface area contributed by atoms with Crippen LogP contribution < -0.4 is 11.3 Å². The van der Waals surface area contributed by atoms with Crippen LogP contribution in [-0.4, -0.2) is 40.6 Å². The van der Waals surface area contributed by atoms with Crippen molar-refractivity contribution in [2.45, 2.75) is 25.8 Å². The summed E-state index contributed by atoms with van der Waals surface area (Å²) in [6.45, 7) is 3.07. The fourth-order valence-electron chi connectivity index (χ4n) is 2.49. The van der Waals surface area contributed by atoms with Crippen LogP contribution in [0, 0.1) is 5.92 Å². The van der Waals surface area contributed by atoms with Crippen LogP contribution in [0.4, 0.5) is 0 Å². The molecule has 1 aliphatic rings. The Labute approximate surface area is 116 Å². The molecule has 1 amide bonds. The van der Waals surface area contributed by atoms with Gasteiger partial charge in [0.25, 0.3) is 5.91 Å². The van der Waals surface area contributed by atoms with Gasteiger partial charge in [-0.05, 0) is 31.7 Å². The highest BCUT2D eigenvalue weighted by atomic mass is 32.1. The lowest BCUT2D eigenvalue weighted by molar-refractivity contribution is 0.0952. The standard InChI is InChI=1S/C12H20N4O2S/c13-15-11(18)12-14-10(8-19-12)7-16-4-1-2-9(6-16)3-5-17/h8-9,17H,1-7,13H2,(H,15,18). The topological polar surface area (TPSA) is 91.5 Å². The minimum Gasteiger partial charge on any atom is -0.396 e. The lowest BCUT2D eigenvalue weighted by atomic mass is 9.95. The monoisotopic (exact) mass is 284 g/mol. The van der Waals surface area contributed by atoms with Crippen molar-refractivity contribution >= 4 is 17.2 Å². The minimum absolute atomic E-state index is 0.260. The number of carbonyl (C=O) groups excluding carboxylic acids is 1. The van der Waals surface area contributed by atoms with Gasteiger partial charge in [0.1, 0.15) is 0 Å². The third-order valence-corrected chi connectivity index (χ3v) is 4.29. The Morgan fingerprint density at radius 3 is 3.26 bits per heavy atom. The maximum absolute atomic E-state index is 11.3. The smallest absolute Gasteiger partial charge is 0.294 e. The molecular formula is C12H20N4O2S. The lowest BCUT2D eigenvalue weighted by Crippen LogP contribution is -2.35. The first-order valence-corrected chi connectivity index (χ1v) is 7.39. The van der Waals surface area contributed by atoms with Crippen molar-refractivity contribution in [3.63, 3.8) is 0 Å². The molecule has 0 saturated carbocycles. The predicted octanol–water partition coefficient (Wildman–Crippen LogP) is 0.341. The van der Waals surface area contributed by atoms with Gasteiger partial charge in [-0.15, -0.1) is 11.3 Å². The number of nitrogens with zero attached hydrogens (tertiary/aromatic N) is 2. The molecule has 7 heteroatoms. The molecule has 6 nitrogen and oxygen atoms in total. The summed E-state index contributed by atoms with van der Waals surface area (Å²) in [6.07, 6.45) is 3.22. The largest absolute Gasteiger partial charge is 0.396 e. The Kier molecular flexibility index (Phi) is 5.26. The van der Waals surface area contributed by atoms with Crippen molar-refractivity contribution in [3.8, 4) is 0 Å². The normalized spacial score (nSPS) is 20.4. The Balaban J connectivity index is 1.89. The zero-order valence-corrected chi connectivity index (χ0v) is 11.7. The highest BCUT2D eigenvalue weighted by molar-refractivity contribution is 7.11. The van der Waals surface area contributed by atoms with Gasteiger partial charge in [0.05, 0.1) is 5.69 Å². The number of hydrogen-bond donors (Lipinski definition) is 3. The van der Waals surface area contributed by atoms with Gasteiger partial charge in [0, 0.05) is 25.1 Å². The molecule has 1 saturated heterocycles. The number of hydrazine groups is 1. The molecule has 2 heterocycles. The molecule has 19 heavy (non-hydrogen) atoms. The summed E-state index contributed by atoms with van der Waals surface area (Å²) in [5, 5.41) is 11.3. The Morgan fingerprint density at radius 1 is 1.68 bits per heavy atom. The van der Waals surface area contributed by atoms with E-state index in [1.807, 2.05) is 5.38 Å². The van der Waals surface area contributed by atoms with Crippen molar-refractivity contribution in [3.05, 3.63) is 16.1 Å². The van der Waals surface area contributed by atoms with Gasteiger partial charge in [-0.1, -0.05) is 0 Å². The van der Waals surface area contributed by atoms with E-state index in [1.165, 1.54) is 17.8 Å². The molecule has 2 rings (SSSR count). The molecule has 1 aromatic heterocycles. The van der Waals surface area contributed by atoms with Crippen LogP contribution >= 0.6 is 11.3 Å². The van der Waals surface area contributed by atoms with E-state index in [0.29, 0.717) is 10.9 Å². The fraction of sp³-hybridized carbons (Fsp3) is 0.667. The SMILES string of the molecule is NNC(=O)c1nc(CN2CCCC(CCO)C2)cs1. The number of rotatable bonds is 5. The number of nitrogen functional groups attached to an aromatic ring is 1. The fourth-order valence-corrected chi connectivity index (χ4v) is 3.20. The molecule has 4 N–H and O–H groups in total. The van der Waals surface area contributed by atoms with Gasteiger partial charge in [-0.2, -0.15) is 0 Å². The number of nitrogens with two attached hydrogens (primary N) is 1. The van der Waals surface area contributed by atoms with Crippen LogP contribution in [-0.2, 0) is 6.54 Å². The van der Waals surface area contributed by atoms with Crippen molar-refractivity contribution < 1.29 is 9.90 Å². The van der Waals surface area contributed by atoms with E-state index in [1.54, 1.807) is 0 Å². The molecule has 106 valence electrons. The van der Waals surface area contributed by atoms with Crippen LogP contribution in [0.25, 0.3) is 0 Å². The van der Waals surface area contributed by atoms with Gasteiger partial charge in [0.15, 0.2) is 5.01 Å². The predicted molar refractivity (Wildman–Crippen MR) is 73.5 cm³/mol. The zero-order chi connectivity index (χ0) is 13.7. The second-order valence-corrected chi connectivity index (χ2v) is 5.73. The quantitative estimate of drug-likeness (QED) is 0.412. The van der Waals surface area contributed by atoms with Crippen LogP contribution in [0.3, 0.4) is 0 Å². The number of likely N-dealkylation sites (tertiary alicyclic amines) is 1. The highest BCUT2D eigenvalue weighted by Crippen LogP contribution is 2.21. The Hall–Kier alpha value is -1.02. The maximum Gasteiger partial charge on any atom is 0.294 e. The van der Waals surface area contributed by atoms with Crippen LogP contribution in [0.1, 0.15) is 34.8 Å². The molecule has 1 atom stereocenters. The summed E-state index contributed by atoms with van der Waals surface area (Å²) in [5.41, 5.74) is 3.00. The van der Waals surface area contributed by atoms with Gasteiger partial charge in [-0.25, -0.2) is 10.8 Å². The second kappa shape index (κ2) is 6.95. The number of piperidine rings is 1. The van der Waals surface area contributed by atoms with E-state index < -0.39 is 0 Å². The summed E-state index contributed by atoms with van der Waals surface area (Å²) >= 11 is 1.31. The first kappa shape index (κ1) is 14.4. The average Bonchev–Trinajstić information content (AvgIpc) is 2.87. The van der Waals surface area contributed by atoms with Crippen LogP contribution in [0.2, 0.25) is 0 Å².